The molecule has 1 aromatic heterocycles. The van der Waals surface area contributed by atoms with Gasteiger partial charge < -0.3 is 10.1 Å². The number of halogens is 1. The molecule has 0 saturated carbocycles. The number of aromatic nitrogens is 2. The van der Waals surface area contributed by atoms with Crippen LogP contribution in [0.4, 0.5) is 5.82 Å². The Hall–Kier alpha value is -1.81. The van der Waals surface area contributed by atoms with E-state index in [-0.39, 0.29) is 0 Å². The van der Waals surface area contributed by atoms with Crippen molar-refractivity contribution in [3.63, 3.8) is 0 Å². The van der Waals surface area contributed by atoms with Crippen molar-refractivity contribution in [1.29, 1.82) is 0 Å². The van der Waals surface area contributed by atoms with Crippen molar-refractivity contribution < 1.29 is 4.74 Å². The first-order valence-corrected chi connectivity index (χ1v) is 9.40. The van der Waals surface area contributed by atoms with Gasteiger partial charge in [-0.15, -0.1) is 0 Å². The maximum Gasteiger partial charge on any atom is 0.257 e. The number of hydrogen-bond donors (Lipinski definition) is 1. The van der Waals surface area contributed by atoms with Gasteiger partial charge in [0, 0.05) is 11.6 Å². The standard InChI is InChI=1S/C20H28ClN3O/c1-6-10-14-11-9-12-16(17(14)21)18-13(4)22-19(20(24-18)25-5)23-15(7-2)8-3/h9,11-12,15H,6-8,10H2,1-5H3,(H,22,23). The van der Waals surface area contributed by atoms with E-state index in [4.69, 9.17) is 26.3 Å². The first-order valence-electron chi connectivity index (χ1n) is 9.02. The maximum atomic E-state index is 6.63. The molecule has 2 rings (SSSR count). The second-order valence-corrected chi connectivity index (χ2v) is 6.58. The van der Waals surface area contributed by atoms with E-state index < -0.39 is 0 Å². The van der Waals surface area contributed by atoms with E-state index in [9.17, 15) is 0 Å². The molecule has 1 heterocycles. The summed E-state index contributed by atoms with van der Waals surface area (Å²) in [4.78, 5) is 9.43. The van der Waals surface area contributed by atoms with E-state index >= 15 is 0 Å². The molecule has 0 aliphatic rings. The summed E-state index contributed by atoms with van der Waals surface area (Å²) < 4.78 is 5.49. The number of benzene rings is 1. The van der Waals surface area contributed by atoms with Gasteiger partial charge in [-0.1, -0.05) is 57.0 Å². The summed E-state index contributed by atoms with van der Waals surface area (Å²) in [5, 5.41) is 4.19. The third kappa shape index (κ3) is 4.43. The molecule has 0 aliphatic heterocycles. The van der Waals surface area contributed by atoms with Crippen molar-refractivity contribution in [1.82, 2.24) is 9.97 Å². The first kappa shape index (κ1) is 19.5. The third-order valence-corrected chi connectivity index (χ3v) is 4.86. The van der Waals surface area contributed by atoms with E-state index in [0.29, 0.717) is 17.7 Å². The normalized spacial score (nSPS) is 11.0. The molecule has 136 valence electrons. The van der Waals surface area contributed by atoms with Gasteiger partial charge in [-0.2, -0.15) is 0 Å². The van der Waals surface area contributed by atoms with E-state index in [1.54, 1.807) is 7.11 Å². The summed E-state index contributed by atoms with van der Waals surface area (Å²) in [6.45, 7) is 8.42. The molecule has 0 radical (unpaired) electrons. The van der Waals surface area contributed by atoms with Gasteiger partial charge in [0.2, 0.25) is 0 Å². The molecular weight excluding hydrogens is 334 g/mol. The summed E-state index contributed by atoms with van der Waals surface area (Å²) in [6, 6.07) is 6.44. The van der Waals surface area contributed by atoms with Gasteiger partial charge >= 0.3 is 0 Å². The number of nitrogens with zero attached hydrogens (tertiary/aromatic N) is 2. The predicted molar refractivity (Wildman–Crippen MR) is 106 cm³/mol. The molecular formula is C20H28ClN3O. The van der Waals surface area contributed by atoms with Gasteiger partial charge in [0.15, 0.2) is 5.82 Å². The lowest BCUT2D eigenvalue weighted by Crippen LogP contribution is -2.19. The molecule has 4 nitrogen and oxygen atoms in total. The Morgan fingerprint density at radius 1 is 1.16 bits per heavy atom. The second-order valence-electron chi connectivity index (χ2n) is 6.20. The molecule has 5 heteroatoms. The zero-order valence-corrected chi connectivity index (χ0v) is 16.6. The molecule has 0 amide bonds. The minimum absolute atomic E-state index is 0.352. The van der Waals surface area contributed by atoms with Crippen molar-refractivity contribution >= 4 is 17.4 Å². The van der Waals surface area contributed by atoms with E-state index in [1.165, 1.54) is 0 Å². The van der Waals surface area contributed by atoms with Gasteiger partial charge in [0.25, 0.3) is 5.88 Å². The lowest BCUT2D eigenvalue weighted by molar-refractivity contribution is 0.397. The third-order valence-electron chi connectivity index (χ3n) is 4.41. The zero-order chi connectivity index (χ0) is 18.4. The summed E-state index contributed by atoms with van der Waals surface area (Å²) in [6.07, 6.45) is 4.04. The Bertz CT molecular complexity index is 714. The smallest absolute Gasteiger partial charge is 0.257 e. The van der Waals surface area contributed by atoms with E-state index in [1.807, 2.05) is 19.1 Å². The molecule has 1 N–H and O–H groups in total. The van der Waals surface area contributed by atoms with Gasteiger partial charge in [-0.25, -0.2) is 9.97 Å². The minimum Gasteiger partial charge on any atom is -0.478 e. The van der Waals surface area contributed by atoms with Crippen LogP contribution in [0.1, 0.15) is 51.3 Å². The van der Waals surface area contributed by atoms with Crippen LogP contribution in [0.2, 0.25) is 5.02 Å². The fraction of sp³-hybridized carbons (Fsp3) is 0.500. The van der Waals surface area contributed by atoms with Gasteiger partial charge in [0.05, 0.1) is 23.5 Å². The number of aryl methyl sites for hydroxylation is 2. The summed E-state index contributed by atoms with van der Waals surface area (Å²) in [7, 11) is 1.62. The van der Waals surface area contributed by atoms with Gasteiger partial charge in [-0.3, -0.25) is 0 Å². The second kappa shape index (κ2) is 9.04. The largest absolute Gasteiger partial charge is 0.478 e. The van der Waals surface area contributed by atoms with Crippen LogP contribution in [-0.4, -0.2) is 23.1 Å². The average Bonchev–Trinajstić information content (AvgIpc) is 2.62. The van der Waals surface area contributed by atoms with E-state index in [0.717, 1.165) is 53.2 Å². The molecule has 2 aromatic rings. The van der Waals surface area contributed by atoms with Crippen LogP contribution in [0, 0.1) is 6.92 Å². The van der Waals surface area contributed by atoms with Crippen molar-refractivity contribution in [3.8, 4) is 17.1 Å². The lowest BCUT2D eigenvalue weighted by atomic mass is 10.0. The number of rotatable bonds is 8. The van der Waals surface area contributed by atoms with Crippen LogP contribution < -0.4 is 10.1 Å². The zero-order valence-electron chi connectivity index (χ0n) is 15.8. The number of ether oxygens (including phenoxy) is 1. The molecule has 25 heavy (non-hydrogen) atoms. The molecule has 0 saturated heterocycles. The van der Waals surface area contributed by atoms with Crippen molar-refractivity contribution in [2.24, 2.45) is 0 Å². The highest BCUT2D eigenvalue weighted by molar-refractivity contribution is 6.34. The van der Waals surface area contributed by atoms with Crippen LogP contribution in [0.5, 0.6) is 5.88 Å². The SMILES string of the molecule is CCCc1cccc(-c2nc(OC)c(NC(CC)CC)nc2C)c1Cl. The molecule has 1 aromatic carbocycles. The molecule has 0 bridgehead atoms. The highest BCUT2D eigenvalue weighted by atomic mass is 35.5. The Labute approximate surface area is 156 Å². The van der Waals surface area contributed by atoms with Crippen molar-refractivity contribution in [2.75, 3.05) is 12.4 Å². The summed E-state index contributed by atoms with van der Waals surface area (Å²) in [5.41, 5.74) is 3.66. The number of hydrogen-bond acceptors (Lipinski definition) is 4. The monoisotopic (exact) mass is 361 g/mol. The quantitative estimate of drug-likeness (QED) is 0.658. The molecule has 0 fully saturated rings. The fourth-order valence-electron chi connectivity index (χ4n) is 2.91. The number of nitrogens with one attached hydrogen (secondary N) is 1. The summed E-state index contributed by atoms with van der Waals surface area (Å²) in [5.74, 6) is 1.20. The number of anilines is 1. The summed E-state index contributed by atoms with van der Waals surface area (Å²) >= 11 is 6.63. The maximum absolute atomic E-state index is 6.63. The number of methoxy groups -OCH3 is 1. The Kier molecular flexibility index (Phi) is 7.06. The fourth-order valence-corrected chi connectivity index (χ4v) is 3.22. The molecule has 0 aliphatic carbocycles. The van der Waals surface area contributed by atoms with Crippen LogP contribution in [0.3, 0.4) is 0 Å². The Balaban J connectivity index is 2.48. The van der Waals surface area contributed by atoms with Crippen molar-refractivity contribution in [2.45, 2.75) is 59.4 Å². The first-order chi connectivity index (χ1) is 12.0. The highest BCUT2D eigenvalue weighted by Crippen LogP contribution is 2.34. The Morgan fingerprint density at radius 3 is 2.48 bits per heavy atom. The van der Waals surface area contributed by atoms with Crippen LogP contribution >= 0.6 is 11.6 Å². The minimum atomic E-state index is 0.352. The molecule has 0 spiro atoms. The predicted octanol–water partition coefficient (Wildman–Crippen LogP) is 5.67. The van der Waals surface area contributed by atoms with Crippen LogP contribution in [0.25, 0.3) is 11.3 Å². The van der Waals surface area contributed by atoms with Crippen LogP contribution in [0.15, 0.2) is 18.2 Å². The van der Waals surface area contributed by atoms with Gasteiger partial charge in [0.1, 0.15) is 0 Å². The average molecular weight is 362 g/mol. The van der Waals surface area contributed by atoms with Crippen LogP contribution in [-0.2, 0) is 6.42 Å². The highest BCUT2D eigenvalue weighted by Gasteiger charge is 2.18. The molecule has 0 unspecified atom stereocenters. The molecule has 0 atom stereocenters. The van der Waals surface area contributed by atoms with Gasteiger partial charge in [-0.05, 0) is 31.7 Å². The Morgan fingerprint density at radius 2 is 1.88 bits per heavy atom. The lowest BCUT2D eigenvalue weighted by Gasteiger charge is -2.19. The van der Waals surface area contributed by atoms with E-state index in [2.05, 4.69) is 32.2 Å². The topological polar surface area (TPSA) is 47.0 Å². The van der Waals surface area contributed by atoms with Crippen molar-refractivity contribution in [3.05, 3.63) is 34.5 Å².